The average molecular weight is 362 g/mol. The zero-order valence-corrected chi connectivity index (χ0v) is 13.3. The van der Waals surface area contributed by atoms with Gasteiger partial charge in [-0.3, -0.25) is 0 Å². The molecule has 0 radical (unpaired) electrons. The third-order valence-electron chi connectivity index (χ3n) is 3.38. The molecule has 0 saturated heterocycles. The maximum Gasteiger partial charge on any atom is 0.133 e. The smallest absolute Gasteiger partial charge is 0.133 e. The summed E-state index contributed by atoms with van der Waals surface area (Å²) >= 11 is 7.37. The molecule has 1 atom stereocenters. The Morgan fingerprint density at radius 3 is 2.71 bits per heavy atom. The van der Waals surface area contributed by atoms with E-state index >= 15 is 0 Å². The zero-order valence-electron chi connectivity index (χ0n) is 10.1. The van der Waals surface area contributed by atoms with E-state index in [2.05, 4.69) is 50.1 Å². The van der Waals surface area contributed by atoms with E-state index in [0.717, 1.165) is 16.1 Å². The Hall–Kier alpha value is -0.0200. The Bertz CT molecular complexity index is 374. The van der Waals surface area contributed by atoms with Crippen molar-refractivity contribution in [1.29, 1.82) is 0 Å². The lowest BCUT2D eigenvalue weighted by molar-refractivity contribution is 0.295. The molecule has 0 aliphatic heterocycles. The van der Waals surface area contributed by atoms with Gasteiger partial charge in [-0.1, -0.05) is 41.3 Å². The highest BCUT2D eigenvalue weighted by atomic mass is 79.9. The maximum absolute atomic E-state index is 5.52. The number of hydrogen-bond donors (Lipinski definition) is 0. The summed E-state index contributed by atoms with van der Waals surface area (Å²) < 4.78 is 6.57. The first-order chi connectivity index (χ1) is 8.20. The van der Waals surface area contributed by atoms with Gasteiger partial charge in [-0.2, -0.15) is 0 Å². The minimum atomic E-state index is 0.472. The molecule has 1 fully saturated rings. The molecule has 3 heteroatoms. The van der Waals surface area contributed by atoms with E-state index in [4.69, 9.17) is 4.74 Å². The Morgan fingerprint density at radius 1 is 1.41 bits per heavy atom. The van der Waals surface area contributed by atoms with Gasteiger partial charge in [0.15, 0.2) is 0 Å². The second-order valence-corrected chi connectivity index (χ2v) is 6.58. The number of halogens is 2. The summed E-state index contributed by atoms with van der Waals surface area (Å²) in [4.78, 5) is 0.472. The standard InChI is InChI=1S/C14H18Br2O/c1-2-17-14-7-6-11(9-13(14)16)12(15)8-10-4-3-5-10/h6-7,9-10,12H,2-5,8H2,1H3. The van der Waals surface area contributed by atoms with Crippen LogP contribution >= 0.6 is 31.9 Å². The summed E-state index contributed by atoms with van der Waals surface area (Å²) in [7, 11) is 0. The Balaban J connectivity index is 2.02. The van der Waals surface area contributed by atoms with Crippen LogP contribution < -0.4 is 4.74 Å². The van der Waals surface area contributed by atoms with E-state index in [1.165, 1.54) is 31.2 Å². The van der Waals surface area contributed by atoms with Crippen LogP contribution in [-0.4, -0.2) is 6.61 Å². The fourth-order valence-corrected chi connectivity index (χ4v) is 3.47. The molecule has 0 spiro atoms. The van der Waals surface area contributed by atoms with E-state index in [-0.39, 0.29) is 0 Å². The molecule has 1 aromatic rings. The molecule has 0 N–H and O–H groups in total. The van der Waals surface area contributed by atoms with Crippen LogP contribution in [0.2, 0.25) is 0 Å². The van der Waals surface area contributed by atoms with Gasteiger partial charge in [-0.05, 0) is 52.9 Å². The summed E-state index contributed by atoms with van der Waals surface area (Å²) in [5, 5.41) is 0. The molecular weight excluding hydrogens is 344 g/mol. The maximum atomic E-state index is 5.52. The van der Waals surface area contributed by atoms with Crippen molar-refractivity contribution in [3.63, 3.8) is 0 Å². The highest BCUT2D eigenvalue weighted by Gasteiger charge is 2.21. The summed E-state index contributed by atoms with van der Waals surface area (Å²) in [5.74, 6) is 1.85. The largest absolute Gasteiger partial charge is 0.493 e. The fourth-order valence-electron chi connectivity index (χ4n) is 2.14. The minimum Gasteiger partial charge on any atom is -0.493 e. The van der Waals surface area contributed by atoms with Crippen LogP contribution in [-0.2, 0) is 0 Å². The molecular formula is C14H18Br2O. The molecule has 17 heavy (non-hydrogen) atoms. The predicted octanol–water partition coefficient (Wildman–Crippen LogP) is 5.47. The molecule has 1 nitrogen and oxygen atoms in total. The number of rotatable bonds is 5. The molecule has 94 valence electrons. The summed E-state index contributed by atoms with van der Waals surface area (Å²) in [5.41, 5.74) is 1.34. The zero-order chi connectivity index (χ0) is 12.3. The first-order valence-electron chi connectivity index (χ1n) is 6.27. The molecule has 1 aliphatic rings. The van der Waals surface area contributed by atoms with Crippen LogP contribution in [0.5, 0.6) is 5.75 Å². The van der Waals surface area contributed by atoms with Gasteiger partial charge < -0.3 is 4.74 Å². The van der Waals surface area contributed by atoms with Gasteiger partial charge in [0.05, 0.1) is 11.1 Å². The summed E-state index contributed by atoms with van der Waals surface area (Å²) in [6.45, 7) is 2.71. The predicted molar refractivity (Wildman–Crippen MR) is 78.9 cm³/mol. The van der Waals surface area contributed by atoms with Crippen molar-refractivity contribution in [2.45, 2.75) is 37.4 Å². The van der Waals surface area contributed by atoms with Gasteiger partial charge in [0.1, 0.15) is 5.75 Å². The van der Waals surface area contributed by atoms with Crippen molar-refractivity contribution in [2.24, 2.45) is 5.92 Å². The number of hydrogen-bond acceptors (Lipinski definition) is 1. The van der Waals surface area contributed by atoms with Crippen LogP contribution in [0, 0.1) is 5.92 Å². The highest BCUT2D eigenvalue weighted by molar-refractivity contribution is 9.10. The van der Waals surface area contributed by atoms with E-state index in [1.807, 2.05) is 6.92 Å². The normalized spacial score (nSPS) is 17.6. The van der Waals surface area contributed by atoms with Gasteiger partial charge in [0.25, 0.3) is 0 Å². The highest BCUT2D eigenvalue weighted by Crippen LogP contribution is 2.40. The SMILES string of the molecule is CCOc1ccc(C(Br)CC2CCC2)cc1Br. The van der Waals surface area contributed by atoms with Crippen LogP contribution in [0.25, 0.3) is 0 Å². The summed E-state index contributed by atoms with van der Waals surface area (Å²) in [6, 6.07) is 6.38. The van der Waals surface area contributed by atoms with Crippen molar-refractivity contribution < 1.29 is 4.74 Å². The number of alkyl halides is 1. The first kappa shape index (κ1) is 13.4. The van der Waals surface area contributed by atoms with Gasteiger partial charge >= 0.3 is 0 Å². The molecule has 0 amide bonds. The fraction of sp³-hybridized carbons (Fsp3) is 0.571. The van der Waals surface area contributed by atoms with Crippen molar-refractivity contribution in [3.8, 4) is 5.75 Å². The minimum absolute atomic E-state index is 0.472. The van der Waals surface area contributed by atoms with Crippen LogP contribution in [0.3, 0.4) is 0 Å². The average Bonchev–Trinajstić information content (AvgIpc) is 2.26. The van der Waals surface area contributed by atoms with Crippen molar-refractivity contribution >= 4 is 31.9 Å². The number of ether oxygens (including phenoxy) is 1. The van der Waals surface area contributed by atoms with E-state index in [9.17, 15) is 0 Å². The van der Waals surface area contributed by atoms with Crippen LogP contribution in [0.4, 0.5) is 0 Å². The quantitative estimate of drug-likeness (QED) is 0.631. The second kappa shape index (κ2) is 6.24. The van der Waals surface area contributed by atoms with Gasteiger partial charge in [-0.25, -0.2) is 0 Å². The second-order valence-electron chi connectivity index (χ2n) is 4.62. The molecule has 1 aliphatic carbocycles. The molecule has 2 rings (SSSR count). The van der Waals surface area contributed by atoms with E-state index in [1.54, 1.807) is 0 Å². The Morgan fingerprint density at radius 2 is 2.18 bits per heavy atom. The Labute approximate surface area is 120 Å². The Kier molecular flexibility index (Phi) is 4.92. The topological polar surface area (TPSA) is 9.23 Å². The van der Waals surface area contributed by atoms with Crippen molar-refractivity contribution in [2.75, 3.05) is 6.61 Å². The van der Waals surface area contributed by atoms with Gasteiger partial charge in [0, 0.05) is 4.83 Å². The molecule has 1 unspecified atom stereocenters. The van der Waals surface area contributed by atoms with E-state index in [0.29, 0.717) is 11.4 Å². The lowest BCUT2D eigenvalue weighted by atomic mass is 9.81. The third-order valence-corrected chi connectivity index (χ3v) is 4.90. The van der Waals surface area contributed by atoms with Gasteiger partial charge in [0.2, 0.25) is 0 Å². The lowest BCUT2D eigenvalue weighted by Gasteiger charge is -2.27. The number of benzene rings is 1. The lowest BCUT2D eigenvalue weighted by Crippen LogP contribution is -2.12. The van der Waals surface area contributed by atoms with Crippen molar-refractivity contribution in [3.05, 3.63) is 28.2 Å². The third kappa shape index (κ3) is 3.47. The molecule has 1 aromatic carbocycles. The molecule has 0 heterocycles. The molecule has 0 aromatic heterocycles. The molecule has 1 saturated carbocycles. The molecule has 0 bridgehead atoms. The van der Waals surface area contributed by atoms with Crippen LogP contribution in [0.1, 0.15) is 43.0 Å². The van der Waals surface area contributed by atoms with E-state index < -0.39 is 0 Å². The summed E-state index contributed by atoms with van der Waals surface area (Å²) in [6.07, 6.45) is 5.47. The van der Waals surface area contributed by atoms with Crippen molar-refractivity contribution in [1.82, 2.24) is 0 Å². The monoisotopic (exact) mass is 360 g/mol. The first-order valence-corrected chi connectivity index (χ1v) is 7.98. The van der Waals surface area contributed by atoms with Gasteiger partial charge in [-0.15, -0.1) is 0 Å². The van der Waals surface area contributed by atoms with Crippen LogP contribution in [0.15, 0.2) is 22.7 Å².